The lowest BCUT2D eigenvalue weighted by atomic mass is 10.3. The molecule has 80 valence electrons. The maximum absolute atomic E-state index is 5.89. The average molecular weight is 270 g/mol. The lowest BCUT2D eigenvalue weighted by Crippen LogP contribution is -2.03. The summed E-state index contributed by atoms with van der Waals surface area (Å²) >= 11 is 3.47. The maximum Gasteiger partial charge on any atom is 0.198 e. The second-order valence-corrected chi connectivity index (χ2v) is 4.28. The zero-order valence-electron chi connectivity index (χ0n) is 8.80. The molecule has 0 amide bonds. The normalized spacial score (nSPS) is 10.9. The molecule has 2 aromatic rings. The Morgan fingerprint density at radius 1 is 1.33 bits per heavy atom. The monoisotopic (exact) mass is 269 g/mol. The van der Waals surface area contributed by atoms with E-state index in [1.165, 1.54) is 0 Å². The third kappa shape index (κ3) is 1.45. The van der Waals surface area contributed by atoms with Crippen LogP contribution in [-0.2, 0) is 0 Å². The molecule has 0 unspecified atom stereocenters. The molecule has 3 N–H and O–H groups in total. The molecule has 0 aromatic carbocycles. The minimum Gasteiger partial charge on any atom is -0.394 e. The Labute approximate surface area is 95.8 Å². The van der Waals surface area contributed by atoms with Crippen molar-refractivity contribution >= 4 is 21.6 Å². The predicted molar refractivity (Wildman–Crippen MR) is 62.0 cm³/mol. The van der Waals surface area contributed by atoms with E-state index in [2.05, 4.69) is 31.2 Å². The first-order chi connectivity index (χ1) is 7.02. The number of nitrogen functional groups attached to an aromatic ring is 1. The first-order valence-corrected chi connectivity index (χ1v) is 5.34. The molecule has 0 aliphatic rings. The topological polar surface area (TPSA) is 72.5 Å². The van der Waals surface area contributed by atoms with E-state index in [0.717, 1.165) is 21.6 Å². The van der Waals surface area contributed by atoms with Crippen LogP contribution in [0.25, 0.3) is 5.82 Å². The molecule has 0 aliphatic heterocycles. The van der Waals surface area contributed by atoms with E-state index in [4.69, 9.17) is 5.73 Å². The maximum atomic E-state index is 5.89. The molecule has 0 saturated heterocycles. The molecule has 0 radical (unpaired) electrons. The van der Waals surface area contributed by atoms with Crippen molar-refractivity contribution in [2.75, 3.05) is 5.73 Å². The van der Waals surface area contributed by atoms with Crippen LogP contribution in [0.1, 0.15) is 17.1 Å². The number of aryl methyl sites for hydroxylation is 2. The van der Waals surface area contributed by atoms with Crippen LogP contribution in [0, 0.1) is 20.8 Å². The van der Waals surface area contributed by atoms with Crippen LogP contribution in [0.3, 0.4) is 0 Å². The van der Waals surface area contributed by atoms with Gasteiger partial charge in [0.2, 0.25) is 0 Å². The third-order valence-electron chi connectivity index (χ3n) is 2.38. The van der Waals surface area contributed by atoms with Gasteiger partial charge in [-0.2, -0.15) is 10.2 Å². The van der Waals surface area contributed by atoms with E-state index in [9.17, 15) is 0 Å². The largest absolute Gasteiger partial charge is 0.394 e. The number of aromatic amines is 1. The molecular formula is C9H12BrN5. The van der Waals surface area contributed by atoms with Gasteiger partial charge in [-0.15, -0.1) is 0 Å². The number of rotatable bonds is 1. The molecule has 0 atom stereocenters. The van der Waals surface area contributed by atoms with Crippen molar-refractivity contribution in [2.45, 2.75) is 20.8 Å². The number of halogens is 1. The molecule has 5 nitrogen and oxygen atoms in total. The fourth-order valence-electron chi connectivity index (χ4n) is 1.42. The van der Waals surface area contributed by atoms with Crippen molar-refractivity contribution in [1.82, 2.24) is 20.0 Å². The molecule has 2 rings (SSSR count). The second kappa shape index (κ2) is 3.37. The molecule has 0 fully saturated rings. The van der Waals surface area contributed by atoms with Gasteiger partial charge in [0.25, 0.3) is 0 Å². The second-order valence-electron chi connectivity index (χ2n) is 3.48. The van der Waals surface area contributed by atoms with Crippen molar-refractivity contribution in [3.05, 3.63) is 21.6 Å². The van der Waals surface area contributed by atoms with Crippen LogP contribution in [0.5, 0.6) is 0 Å². The van der Waals surface area contributed by atoms with Crippen LogP contribution < -0.4 is 5.73 Å². The van der Waals surface area contributed by atoms with Gasteiger partial charge in [-0.25, -0.2) is 4.68 Å². The summed E-state index contributed by atoms with van der Waals surface area (Å²) < 4.78 is 2.72. The number of H-pyrrole nitrogens is 1. The Kier molecular flexibility index (Phi) is 2.30. The van der Waals surface area contributed by atoms with E-state index in [-0.39, 0.29) is 0 Å². The number of hydrogen-bond acceptors (Lipinski definition) is 3. The molecule has 6 heteroatoms. The minimum atomic E-state index is 0.633. The minimum absolute atomic E-state index is 0.633. The summed E-state index contributed by atoms with van der Waals surface area (Å²) in [6.07, 6.45) is 0. The van der Waals surface area contributed by atoms with E-state index >= 15 is 0 Å². The van der Waals surface area contributed by atoms with Crippen LogP contribution in [0.4, 0.5) is 5.69 Å². The van der Waals surface area contributed by atoms with E-state index in [1.54, 1.807) is 4.68 Å². The van der Waals surface area contributed by atoms with Crippen molar-refractivity contribution in [2.24, 2.45) is 0 Å². The van der Waals surface area contributed by atoms with Crippen molar-refractivity contribution in [1.29, 1.82) is 0 Å². The van der Waals surface area contributed by atoms with Crippen LogP contribution in [0.2, 0.25) is 0 Å². The van der Waals surface area contributed by atoms with Gasteiger partial charge in [0.1, 0.15) is 0 Å². The van der Waals surface area contributed by atoms with Gasteiger partial charge in [0.15, 0.2) is 5.82 Å². The highest BCUT2D eigenvalue weighted by atomic mass is 79.9. The summed E-state index contributed by atoms with van der Waals surface area (Å²) in [6.45, 7) is 5.78. The van der Waals surface area contributed by atoms with Crippen LogP contribution in [0.15, 0.2) is 4.47 Å². The summed E-state index contributed by atoms with van der Waals surface area (Å²) in [5.74, 6) is 0.652. The number of aromatic nitrogens is 4. The SMILES string of the molecule is Cc1nn(-c2n[nH]c(C)c2N)c(C)c1Br. The number of anilines is 1. The summed E-state index contributed by atoms with van der Waals surface area (Å²) in [5.41, 5.74) is 9.30. The molecule has 2 aromatic heterocycles. The Hall–Kier alpha value is -1.30. The zero-order chi connectivity index (χ0) is 11.2. The van der Waals surface area contributed by atoms with Gasteiger partial charge < -0.3 is 5.73 Å². The summed E-state index contributed by atoms with van der Waals surface area (Å²) in [7, 11) is 0. The summed E-state index contributed by atoms with van der Waals surface area (Å²) in [5, 5.41) is 11.3. The lowest BCUT2D eigenvalue weighted by molar-refractivity contribution is 0.799. The van der Waals surface area contributed by atoms with Gasteiger partial charge >= 0.3 is 0 Å². The van der Waals surface area contributed by atoms with E-state index < -0.39 is 0 Å². The van der Waals surface area contributed by atoms with Crippen LogP contribution in [-0.4, -0.2) is 20.0 Å². The van der Waals surface area contributed by atoms with Crippen molar-refractivity contribution < 1.29 is 0 Å². The van der Waals surface area contributed by atoms with E-state index in [1.807, 2.05) is 20.8 Å². The molecule has 15 heavy (non-hydrogen) atoms. The summed E-state index contributed by atoms with van der Waals surface area (Å²) in [6, 6.07) is 0. The Bertz CT molecular complexity index is 511. The summed E-state index contributed by atoms with van der Waals surface area (Å²) in [4.78, 5) is 0. The number of nitrogens with two attached hydrogens (primary N) is 1. The quantitative estimate of drug-likeness (QED) is 0.830. The molecular weight excluding hydrogens is 258 g/mol. The standard InChI is InChI=1S/C9H12BrN5/c1-4-7(10)6(3)15(14-4)9-8(11)5(2)12-13-9/h11H2,1-3H3,(H,12,13). The van der Waals surface area contributed by atoms with Gasteiger partial charge in [0.05, 0.1) is 27.2 Å². The van der Waals surface area contributed by atoms with Gasteiger partial charge in [-0.1, -0.05) is 0 Å². The van der Waals surface area contributed by atoms with E-state index in [0.29, 0.717) is 11.5 Å². The van der Waals surface area contributed by atoms with Gasteiger partial charge in [-0.05, 0) is 36.7 Å². The fourth-order valence-corrected chi connectivity index (χ4v) is 1.66. The molecule has 2 heterocycles. The highest BCUT2D eigenvalue weighted by molar-refractivity contribution is 9.10. The predicted octanol–water partition coefficient (Wildman–Crippen LogP) is 1.87. The fraction of sp³-hybridized carbons (Fsp3) is 0.333. The molecule has 0 spiro atoms. The Morgan fingerprint density at radius 3 is 2.40 bits per heavy atom. The number of nitrogens with one attached hydrogen (secondary N) is 1. The zero-order valence-corrected chi connectivity index (χ0v) is 10.4. The number of nitrogens with zero attached hydrogens (tertiary/aromatic N) is 3. The Balaban J connectivity index is 2.64. The molecule has 0 aliphatic carbocycles. The highest BCUT2D eigenvalue weighted by Crippen LogP contribution is 2.25. The van der Waals surface area contributed by atoms with Crippen molar-refractivity contribution in [3.8, 4) is 5.82 Å². The lowest BCUT2D eigenvalue weighted by Gasteiger charge is -2.00. The van der Waals surface area contributed by atoms with Crippen LogP contribution >= 0.6 is 15.9 Å². The molecule has 0 saturated carbocycles. The molecule has 0 bridgehead atoms. The Morgan fingerprint density at radius 2 is 2.00 bits per heavy atom. The van der Waals surface area contributed by atoms with Gasteiger partial charge in [0, 0.05) is 0 Å². The first kappa shape index (κ1) is 10.2. The highest BCUT2D eigenvalue weighted by Gasteiger charge is 2.15. The average Bonchev–Trinajstić information content (AvgIpc) is 2.64. The smallest absolute Gasteiger partial charge is 0.198 e. The first-order valence-electron chi connectivity index (χ1n) is 4.55. The number of hydrogen-bond donors (Lipinski definition) is 2. The van der Waals surface area contributed by atoms with Gasteiger partial charge in [-0.3, -0.25) is 5.10 Å². The van der Waals surface area contributed by atoms with Crippen molar-refractivity contribution in [3.63, 3.8) is 0 Å². The third-order valence-corrected chi connectivity index (χ3v) is 3.53.